The smallest absolute Gasteiger partial charge is 0.142 e. The van der Waals surface area contributed by atoms with E-state index in [1.165, 1.54) is 0 Å². The van der Waals surface area contributed by atoms with Crippen LogP contribution in [0.5, 0.6) is 5.75 Å². The van der Waals surface area contributed by atoms with Gasteiger partial charge in [0, 0.05) is 12.1 Å². The third-order valence-corrected chi connectivity index (χ3v) is 2.51. The predicted octanol–water partition coefficient (Wildman–Crippen LogP) is 3.22. The molecule has 1 aromatic rings. The molecule has 0 bridgehead atoms. The number of hydrogen-bond donors (Lipinski definition) is 1. The molecule has 1 aromatic carbocycles. The highest BCUT2D eigenvalue weighted by molar-refractivity contribution is 6.32. The van der Waals surface area contributed by atoms with Gasteiger partial charge >= 0.3 is 0 Å². The molecule has 0 saturated carbocycles. The van der Waals surface area contributed by atoms with E-state index in [-0.39, 0.29) is 0 Å². The van der Waals surface area contributed by atoms with Crippen LogP contribution in [0.2, 0.25) is 5.02 Å². The number of ether oxygens (including phenoxy) is 1. The van der Waals surface area contributed by atoms with Gasteiger partial charge in [-0.05, 0) is 18.4 Å². The second kappa shape index (κ2) is 5.99. The van der Waals surface area contributed by atoms with Crippen LogP contribution in [0.1, 0.15) is 25.8 Å². The zero-order valence-corrected chi connectivity index (χ0v) is 10.1. The quantitative estimate of drug-likeness (QED) is 0.838. The molecule has 0 aliphatic heterocycles. The van der Waals surface area contributed by atoms with E-state index >= 15 is 0 Å². The monoisotopic (exact) mass is 227 g/mol. The van der Waals surface area contributed by atoms with Crippen LogP contribution in [0.4, 0.5) is 0 Å². The lowest BCUT2D eigenvalue weighted by atomic mass is 10.1. The van der Waals surface area contributed by atoms with Gasteiger partial charge in [-0.1, -0.05) is 37.6 Å². The molecular formula is C12H18ClNO. The maximum absolute atomic E-state index is 6.04. The zero-order valence-electron chi connectivity index (χ0n) is 9.29. The molecule has 0 aliphatic carbocycles. The van der Waals surface area contributed by atoms with Crippen molar-refractivity contribution in [1.29, 1.82) is 0 Å². The summed E-state index contributed by atoms with van der Waals surface area (Å²) in [5, 5.41) is 0.640. The van der Waals surface area contributed by atoms with Crippen molar-refractivity contribution in [2.75, 3.05) is 6.61 Å². The van der Waals surface area contributed by atoms with Crippen LogP contribution in [0, 0.1) is 5.92 Å². The highest BCUT2D eigenvalue weighted by atomic mass is 35.5. The second-order valence-electron chi connectivity index (χ2n) is 3.96. The maximum Gasteiger partial charge on any atom is 0.142 e. The molecule has 84 valence electrons. The van der Waals surface area contributed by atoms with Crippen LogP contribution in [0.25, 0.3) is 0 Å². The fraction of sp³-hybridized carbons (Fsp3) is 0.500. The molecule has 0 atom stereocenters. The van der Waals surface area contributed by atoms with Crippen LogP contribution in [0.15, 0.2) is 18.2 Å². The largest absolute Gasteiger partial charge is 0.492 e. The molecule has 0 saturated heterocycles. The Labute approximate surface area is 96.4 Å². The third-order valence-electron chi connectivity index (χ3n) is 2.21. The molecule has 2 N–H and O–H groups in total. The number of hydrogen-bond acceptors (Lipinski definition) is 2. The Kier molecular flexibility index (Phi) is 4.92. The Morgan fingerprint density at radius 3 is 2.73 bits per heavy atom. The summed E-state index contributed by atoms with van der Waals surface area (Å²) in [5.41, 5.74) is 6.58. The predicted molar refractivity (Wildman–Crippen MR) is 64.3 cm³/mol. The van der Waals surface area contributed by atoms with Gasteiger partial charge in [0.2, 0.25) is 0 Å². The van der Waals surface area contributed by atoms with Gasteiger partial charge in [0.05, 0.1) is 11.6 Å². The molecule has 2 nitrogen and oxygen atoms in total. The lowest BCUT2D eigenvalue weighted by Crippen LogP contribution is -2.06. The number of para-hydroxylation sites is 1. The van der Waals surface area contributed by atoms with E-state index in [0.29, 0.717) is 24.1 Å². The summed E-state index contributed by atoms with van der Waals surface area (Å²) in [6.45, 7) is 5.48. The average molecular weight is 228 g/mol. The fourth-order valence-corrected chi connectivity index (χ4v) is 1.52. The van der Waals surface area contributed by atoms with Crippen molar-refractivity contribution in [3.63, 3.8) is 0 Å². The first kappa shape index (κ1) is 12.3. The molecule has 0 aliphatic rings. The van der Waals surface area contributed by atoms with E-state index in [0.717, 1.165) is 17.7 Å². The third kappa shape index (κ3) is 3.73. The van der Waals surface area contributed by atoms with E-state index < -0.39 is 0 Å². The van der Waals surface area contributed by atoms with E-state index in [1.807, 2.05) is 18.2 Å². The van der Waals surface area contributed by atoms with Crippen LogP contribution in [-0.2, 0) is 6.54 Å². The molecule has 3 heteroatoms. The van der Waals surface area contributed by atoms with Crippen molar-refractivity contribution in [2.24, 2.45) is 11.7 Å². The summed E-state index contributed by atoms with van der Waals surface area (Å²) in [7, 11) is 0. The van der Waals surface area contributed by atoms with Gasteiger partial charge in [-0.25, -0.2) is 0 Å². The zero-order chi connectivity index (χ0) is 11.3. The molecule has 1 rings (SSSR count). The fourth-order valence-electron chi connectivity index (χ4n) is 1.27. The number of nitrogens with two attached hydrogens (primary N) is 1. The second-order valence-corrected chi connectivity index (χ2v) is 4.37. The SMILES string of the molecule is CC(C)CCOc1c(Cl)cccc1CN. The van der Waals surface area contributed by atoms with E-state index in [2.05, 4.69) is 13.8 Å². The lowest BCUT2D eigenvalue weighted by molar-refractivity contribution is 0.287. The maximum atomic E-state index is 6.04. The molecule has 0 unspecified atom stereocenters. The summed E-state index contributed by atoms with van der Waals surface area (Å²) in [6, 6.07) is 5.65. The van der Waals surface area contributed by atoms with Crippen molar-refractivity contribution < 1.29 is 4.74 Å². The average Bonchev–Trinajstić information content (AvgIpc) is 2.20. The lowest BCUT2D eigenvalue weighted by Gasteiger charge is -2.12. The first-order valence-electron chi connectivity index (χ1n) is 5.25. The van der Waals surface area contributed by atoms with Gasteiger partial charge in [0.15, 0.2) is 0 Å². The number of rotatable bonds is 5. The minimum atomic E-state index is 0.456. The van der Waals surface area contributed by atoms with E-state index in [1.54, 1.807) is 0 Å². The summed E-state index contributed by atoms with van der Waals surface area (Å²) < 4.78 is 5.66. The number of benzene rings is 1. The van der Waals surface area contributed by atoms with E-state index in [9.17, 15) is 0 Å². The Morgan fingerprint density at radius 2 is 2.13 bits per heavy atom. The molecule has 0 heterocycles. The molecular weight excluding hydrogens is 210 g/mol. The Balaban J connectivity index is 2.66. The normalized spacial score (nSPS) is 10.7. The van der Waals surface area contributed by atoms with Crippen molar-refractivity contribution in [2.45, 2.75) is 26.8 Å². The molecule has 0 radical (unpaired) electrons. The minimum absolute atomic E-state index is 0.456. The summed E-state index contributed by atoms with van der Waals surface area (Å²) in [5.74, 6) is 1.37. The number of halogens is 1. The molecule has 0 aromatic heterocycles. The van der Waals surface area contributed by atoms with Gasteiger partial charge in [-0.3, -0.25) is 0 Å². The summed E-state index contributed by atoms with van der Waals surface area (Å²) in [6.07, 6.45) is 1.02. The Bertz CT molecular complexity index is 312. The topological polar surface area (TPSA) is 35.2 Å². The van der Waals surface area contributed by atoms with Crippen molar-refractivity contribution in [1.82, 2.24) is 0 Å². The standard InChI is InChI=1S/C12H18ClNO/c1-9(2)6-7-15-12-10(8-14)4-3-5-11(12)13/h3-5,9H,6-8,14H2,1-2H3. The Morgan fingerprint density at radius 1 is 1.40 bits per heavy atom. The molecule has 0 spiro atoms. The first-order chi connectivity index (χ1) is 7.15. The highest BCUT2D eigenvalue weighted by Crippen LogP contribution is 2.28. The van der Waals surface area contributed by atoms with Crippen LogP contribution >= 0.6 is 11.6 Å². The van der Waals surface area contributed by atoms with Crippen LogP contribution in [0.3, 0.4) is 0 Å². The van der Waals surface area contributed by atoms with Gasteiger partial charge in [0.25, 0.3) is 0 Å². The summed E-state index contributed by atoms with van der Waals surface area (Å²) in [4.78, 5) is 0. The molecule has 0 amide bonds. The van der Waals surface area contributed by atoms with Crippen LogP contribution < -0.4 is 10.5 Å². The highest BCUT2D eigenvalue weighted by Gasteiger charge is 2.07. The van der Waals surface area contributed by atoms with Crippen LogP contribution in [-0.4, -0.2) is 6.61 Å². The summed E-state index contributed by atoms with van der Waals surface area (Å²) >= 11 is 6.04. The van der Waals surface area contributed by atoms with Gasteiger partial charge < -0.3 is 10.5 Å². The van der Waals surface area contributed by atoms with E-state index in [4.69, 9.17) is 22.1 Å². The molecule has 15 heavy (non-hydrogen) atoms. The van der Waals surface area contributed by atoms with Gasteiger partial charge in [-0.2, -0.15) is 0 Å². The van der Waals surface area contributed by atoms with Gasteiger partial charge in [-0.15, -0.1) is 0 Å². The van der Waals surface area contributed by atoms with Crippen molar-refractivity contribution in [3.05, 3.63) is 28.8 Å². The van der Waals surface area contributed by atoms with Gasteiger partial charge in [0.1, 0.15) is 5.75 Å². The Hall–Kier alpha value is -0.730. The minimum Gasteiger partial charge on any atom is -0.492 e. The van der Waals surface area contributed by atoms with Crippen molar-refractivity contribution in [3.8, 4) is 5.75 Å². The molecule has 0 fully saturated rings. The first-order valence-corrected chi connectivity index (χ1v) is 5.63. The van der Waals surface area contributed by atoms with Crippen molar-refractivity contribution >= 4 is 11.6 Å².